The number of aromatic nitrogens is 3. The third kappa shape index (κ3) is 3.09. The molecule has 0 amide bonds. The first kappa shape index (κ1) is 16.0. The van der Waals surface area contributed by atoms with Gasteiger partial charge in [-0.2, -0.15) is 0 Å². The third-order valence-electron chi connectivity index (χ3n) is 4.60. The van der Waals surface area contributed by atoms with E-state index in [4.69, 9.17) is 14.2 Å². The van der Waals surface area contributed by atoms with Crippen LogP contribution >= 0.6 is 0 Å². The minimum Gasteiger partial charge on any atom is -0.481 e. The van der Waals surface area contributed by atoms with Gasteiger partial charge >= 0.3 is 0 Å². The van der Waals surface area contributed by atoms with Gasteiger partial charge in [-0.15, -0.1) is 0 Å². The topological polar surface area (TPSA) is 69.6 Å². The summed E-state index contributed by atoms with van der Waals surface area (Å²) < 4.78 is 30.9. The maximum absolute atomic E-state index is 13.9. The number of nitrogens with zero attached hydrogens (tertiary/aromatic N) is 4. The zero-order valence-electron chi connectivity index (χ0n) is 13.8. The first-order valence-corrected chi connectivity index (χ1v) is 8.27. The van der Waals surface area contributed by atoms with Crippen LogP contribution in [-0.2, 0) is 4.74 Å². The summed E-state index contributed by atoms with van der Waals surface area (Å²) in [6, 6.07) is 4.78. The second-order valence-corrected chi connectivity index (χ2v) is 6.06. The van der Waals surface area contributed by atoms with E-state index in [9.17, 15) is 4.39 Å². The normalized spacial score (nSPS) is 25.5. The molecule has 2 aliphatic rings. The van der Waals surface area contributed by atoms with Gasteiger partial charge in [0.1, 0.15) is 24.4 Å². The number of methoxy groups -OCH3 is 1. The van der Waals surface area contributed by atoms with E-state index in [0.29, 0.717) is 19.0 Å². The van der Waals surface area contributed by atoms with Gasteiger partial charge < -0.3 is 19.1 Å². The Hall–Kier alpha value is -2.48. The lowest BCUT2D eigenvalue weighted by molar-refractivity contribution is -0.0381. The molecule has 0 radical (unpaired) electrons. The van der Waals surface area contributed by atoms with Crippen LogP contribution in [0.25, 0.3) is 0 Å². The molecule has 2 aliphatic heterocycles. The van der Waals surface area contributed by atoms with Crippen LogP contribution in [-0.4, -0.2) is 53.5 Å². The summed E-state index contributed by atoms with van der Waals surface area (Å²) in [4.78, 5) is 14.5. The van der Waals surface area contributed by atoms with Crippen molar-refractivity contribution >= 4 is 5.82 Å². The van der Waals surface area contributed by atoms with E-state index < -0.39 is 5.82 Å². The number of rotatable bonds is 4. The third-order valence-corrected chi connectivity index (χ3v) is 4.60. The predicted molar refractivity (Wildman–Crippen MR) is 87.3 cm³/mol. The molecular weight excluding hydrogens is 327 g/mol. The highest BCUT2D eigenvalue weighted by Gasteiger charge is 2.46. The minimum atomic E-state index is -0.475. The maximum Gasteiger partial charge on any atom is 0.250 e. The second kappa shape index (κ2) is 6.79. The van der Waals surface area contributed by atoms with Crippen molar-refractivity contribution in [1.29, 1.82) is 0 Å². The summed E-state index contributed by atoms with van der Waals surface area (Å²) in [6.45, 7) is 1.21. The molecule has 0 aromatic carbocycles. The van der Waals surface area contributed by atoms with Gasteiger partial charge in [0, 0.05) is 18.9 Å². The highest BCUT2D eigenvalue weighted by atomic mass is 19.1. The molecule has 0 N–H and O–H groups in total. The molecule has 25 heavy (non-hydrogen) atoms. The van der Waals surface area contributed by atoms with Crippen molar-refractivity contribution in [2.75, 3.05) is 25.2 Å². The quantitative estimate of drug-likeness (QED) is 0.836. The van der Waals surface area contributed by atoms with Gasteiger partial charge in [-0.3, -0.25) is 0 Å². The van der Waals surface area contributed by atoms with E-state index >= 15 is 0 Å². The summed E-state index contributed by atoms with van der Waals surface area (Å²) >= 11 is 0. The van der Waals surface area contributed by atoms with Crippen LogP contribution < -0.4 is 14.4 Å². The minimum absolute atomic E-state index is 0.00235. The number of halogens is 1. The first-order chi connectivity index (χ1) is 12.3. The van der Waals surface area contributed by atoms with Crippen LogP contribution in [0.5, 0.6) is 11.8 Å². The zero-order chi connectivity index (χ0) is 17.2. The molecule has 0 unspecified atom stereocenters. The van der Waals surface area contributed by atoms with E-state index in [0.717, 1.165) is 18.7 Å². The van der Waals surface area contributed by atoms with Crippen molar-refractivity contribution in [3.63, 3.8) is 0 Å². The second-order valence-electron chi connectivity index (χ2n) is 6.06. The molecule has 8 heteroatoms. The fourth-order valence-electron chi connectivity index (χ4n) is 3.48. The van der Waals surface area contributed by atoms with Crippen LogP contribution in [0, 0.1) is 5.82 Å². The lowest BCUT2D eigenvalue weighted by Gasteiger charge is -2.32. The number of hydrogen-bond donors (Lipinski definition) is 0. The SMILES string of the molecule is COc1cc(N2C[C@@H](Oc3ncccc3F)[C@@H]3OCCC[C@@H]32)ncn1. The molecule has 4 rings (SSSR count). The van der Waals surface area contributed by atoms with Gasteiger partial charge in [0.15, 0.2) is 5.82 Å². The van der Waals surface area contributed by atoms with E-state index in [-0.39, 0.29) is 24.1 Å². The fraction of sp³-hybridized carbons (Fsp3) is 0.471. The average Bonchev–Trinajstić information content (AvgIpc) is 3.02. The predicted octanol–water partition coefficient (Wildman–Crippen LogP) is 1.83. The first-order valence-electron chi connectivity index (χ1n) is 8.27. The van der Waals surface area contributed by atoms with E-state index in [2.05, 4.69) is 19.9 Å². The Morgan fingerprint density at radius 2 is 2.24 bits per heavy atom. The zero-order valence-corrected chi connectivity index (χ0v) is 13.8. The smallest absolute Gasteiger partial charge is 0.250 e. The molecule has 0 spiro atoms. The highest BCUT2D eigenvalue weighted by molar-refractivity contribution is 5.45. The van der Waals surface area contributed by atoms with Crippen molar-refractivity contribution in [2.24, 2.45) is 0 Å². The molecule has 0 aliphatic carbocycles. The van der Waals surface area contributed by atoms with Crippen LogP contribution in [0.4, 0.5) is 10.2 Å². The number of anilines is 1. The summed E-state index contributed by atoms with van der Waals surface area (Å²) in [5, 5.41) is 0. The standard InChI is InChI=1S/C17H19FN4O3/c1-23-15-8-14(20-10-21-15)22-9-13(16-12(22)5-3-7-24-16)25-17-11(18)4-2-6-19-17/h2,4,6,8,10,12-13,16H,3,5,7,9H2,1H3/t12-,13+,16+/m0/s1. The maximum atomic E-state index is 13.9. The van der Waals surface area contributed by atoms with Gasteiger partial charge in [0.05, 0.1) is 19.7 Å². The Labute approximate surface area is 144 Å². The summed E-state index contributed by atoms with van der Waals surface area (Å²) in [7, 11) is 1.57. The number of ether oxygens (including phenoxy) is 3. The summed E-state index contributed by atoms with van der Waals surface area (Å²) in [5.41, 5.74) is 0. The van der Waals surface area contributed by atoms with Crippen LogP contribution in [0.1, 0.15) is 12.8 Å². The van der Waals surface area contributed by atoms with Gasteiger partial charge in [-0.05, 0) is 25.0 Å². The molecule has 132 valence electrons. The van der Waals surface area contributed by atoms with Crippen LogP contribution in [0.3, 0.4) is 0 Å². The summed E-state index contributed by atoms with van der Waals surface area (Å²) in [6.07, 6.45) is 4.43. The van der Waals surface area contributed by atoms with Gasteiger partial charge in [0.2, 0.25) is 5.88 Å². The van der Waals surface area contributed by atoms with Crippen molar-refractivity contribution in [3.05, 3.63) is 36.5 Å². The van der Waals surface area contributed by atoms with E-state index in [1.165, 1.54) is 24.7 Å². The van der Waals surface area contributed by atoms with E-state index in [1.54, 1.807) is 13.2 Å². The Bertz CT molecular complexity index is 747. The molecule has 3 atom stereocenters. The molecule has 7 nitrogen and oxygen atoms in total. The Morgan fingerprint density at radius 1 is 1.32 bits per heavy atom. The van der Waals surface area contributed by atoms with Crippen LogP contribution in [0.15, 0.2) is 30.7 Å². The monoisotopic (exact) mass is 346 g/mol. The molecule has 0 saturated carbocycles. The van der Waals surface area contributed by atoms with Crippen molar-refractivity contribution in [2.45, 2.75) is 31.1 Å². The Kier molecular flexibility index (Phi) is 4.35. The average molecular weight is 346 g/mol. The number of pyridine rings is 1. The molecule has 2 fully saturated rings. The van der Waals surface area contributed by atoms with Gasteiger partial charge in [0.25, 0.3) is 5.88 Å². The van der Waals surface area contributed by atoms with Crippen molar-refractivity contribution < 1.29 is 18.6 Å². The van der Waals surface area contributed by atoms with Crippen molar-refractivity contribution in [3.8, 4) is 11.8 Å². The molecular formula is C17H19FN4O3. The molecule has 4 heterocycles. The van der Waals surface area contributed by atoms with Gasteiger partial charge in [-0.25, -0.2) is 19.3 Å². The lowest BCUT2D eigenvalue weighted by Crippen LogP contribution is -2.43. The molecule has 2 aromatic heterocycles. The Morgan fingerprint density at radius 3 is 3.08 bits per heavy atom. The molecule has 2 saturated heterocycles. The number of hydrogen-bond acceptors (Lipinski definition) is 7. The lowest BCUT2D eigenvalue weighted by atomic mass is 10.0. The number of fused-ring (bicyclic) bond motifs is 1. The van der Waals surface area contributed by atoms with Crippen molar-refractivity contribution in [1.82, 2.24) is 15.0 Å². The summed E-state index contributed by atoms with van der Waals surface area (Å²) in [5.74, 6) is 0.776. The molecule has 0 bridgehead atoms. The highest BCUT2D eigenvalue weighted by Crippen LogP contribution is 2.34. The van der Waals surface area contributed by atoms with Gasteiger partial charge in [-0.1, -0.05) is 0 Å². The van der Waals surface area contributed by atoms with E-state index in [1.807, 2.05) is 0 Å². The van der Waals surface area contributed by atoms with Crippen LogP contribution in [0.2, 0.25) is 0 Å². The largest absolute Gasteiger partial charge is 0.481 e. The molecule has 2 aromatic rings. The fourth-order valence-corrected chi connectivity index (χ4v) is 3.48. The Balaban J connectivity index is 1.60.